The second-order valence-electron chi connectivity index (χ2n) is 6.00. The van der Waals surface area contributed by atoms with Crippen LogP contribution in [0.15, 0.2) is 84.0 Å². The molecule has 0 radical (unpaired) electrons. The average molecular weight is 355 g/mol. The monoisotopic (exact) mass is 355 g/mol. The van der Waals surface area contributed by atoms with Crippen molar-refractivity contribution in [3.63, 3.8) is 0 Å². The minimum Gasteiger partial charge on any atom is -0.404 e. The van der Waals surface area contributed by atoms with Crippen molar-refractivity contribution >= 4 is 23.2 Å². The molecule has 0 aliphatic carbocycles. The Balaban J connectivity index is 1.71. The summed E-state index contributed by atoms with van der Waals surface area (Å²) < 4.78 is 1.23. The number of nitrogens with zero attached hydrogens (tertiary/aromatic N) is 3. The van der Waals surface area contributed by atoms with Crippen LogP contribution in [0.3, 0.4) is 0 Å². The van der Waals surface area contributed by atoms with Gasteiger partial charge in [0.15, 0.2) is 5.65 Å². The molecule has 2 aromatic carbocycles. The Morgan fingerprint density at radius 1 is 0.963 bits per heavy atom. The lowest BCUT2D eigenvalue weighted by molar-refractivity contribution is 0.0979. The van der Waals surface area contributed by atoms with Crippen LogP contribution in [0.2, 0.25) is 0 Å². The molecular formula is C22H17N3O2. The van der Waals surface area contributed by atoms with E-state index in [-0.39, 0.29) is 12.2 Å². The number of pyridine rings is 1. The maximum atomic E-state index is 12.6. The van der Waals surface area contributed by atoms with Crippen molar-refractivity contribution in [2.75, 3.05) is 0 Å². The van der Waals surface area contributed by atoms with Crippen LogP contribution in [-0.4, -0.2) is 14.7 Å². The second kappa shape index (κ2) is 7.66. The SMILES string of the molecule is O=c1cc(/C=C/c2ccccc2)c2cncnc2n1OCc1ccccc1. The van der Waals surface area contributed by atoms with E-state index in [1.807, 2.05) is 72.8 Å². The molecule has 2 heterocycles. The van der Waals surface area contributed by atoms with E-state index < -0.39 is 0 Å². The van der Waals surface area contributed by atoms with Gasteiger partial charge in [-0.2, -0.15) is 0 Å². The summed E-state index contributed by atoms with van der Waals surface area (Å²) in [4.78, 5) is 26.7. The third kappa shape index (κ3) is 3.77. The number of aromatic nitrogens is 3. The van der Waals surface area contributed by atoms with Crippen molar-refractivity contribution in [2.45, 2.75) is 6.61 Å². The predicted molar refractivity (Wildman–Crippen MR) is 106 cm³/mol. The summed E-state index contributed by atoms with van der Waals surface area (Å²) in [5, 5.41) is 0.748. The first-order valence-corrected chi connectivity index (χ1v) is 8.57. The maximum absolute atomic E-state index is 12.6. The molecule has 0 atom stereocenters. The fourth-order valence-electron chi connectivity index (χ4n) is 2.79. The first kappa shape index (κ1) is 16.7. The Kier molecular flexibility index (Phi) is 4.74. The molecule has 5 heteroatoms. The Hall–Kier alpha value is -3.73. The average Bonchev–Trinajstić information content (AvgIpc) is 2.73. The highest BCUT2D eigenvalue weighted by Gasteiger charge is 2.10. The van der Waals surface area contributed by atoms with Crippen molar-refractivity contribution in [1.29, 1.82) is 0 Å². The van der Waals surface area contributed by atoms with Crippen molar-refractivity contribution < 1.29 is 4.84 Å². The summed E-state index contributed by atoms with van der Waals surface area (Å²) in [6.07, 6.45) is 6.95. The van der Waals surface area contributed by atoms with Gasteiger partial charge in [-0.3, -0.25) is 4.79 Å². The van der Waals surface area contributed by atoms with Crippen molar-refractivity contribution in [3.8, 4) is 0 Å². The van der Waals surface area contributed by atoms with Crippen LogP contribution in [0, 0.1) is 0 Å². The summed E-state index contributed by atoms with van der Waals surface area (Å²) in [6.45, 7) is 0.277. The lowest BCUT2D eigenvalue weighted by Gasteiger charge is -2.12. The molecular weight excluding hydrogens is 338 g/mol. The Labute approximate surface area is 156 Å². The second-order valence-corrected chi connectivity index (χ2v) is 6.00. The number of rotatable bonds is 5. The smallest absolute Gasteiger partial charge is 0.285 e. The Bertz CT molecular complexity index is 1140. The summed E-state index contributed by atoms with van der Waals surface area (Å²) in [7, 11) is 0. The lowest BCUT2D eigenvalue weighted by Crippen LogP contribution is -2.27. The quantitative estimate of drug-likeness (QED) is 0.549. The van der Waals surface area contributed by atoms with Gasteiger partial charge < -0.3 is 4.84 Å². The number of benzene rings is 2. The van der Waals surface area contributed by atoms with Crippen LogP contribution in [0.1, 0.15) is 16.7 Å². The van der Waals surface area contributed by atoms with E-state index in [1.54, 1.807) is 6.20 Å². The largest absolute Gasteiger partial charge is 0.404 e. The number of hydrogen-bond donors (Lipinski definition) is 0. The van der Waals surface area contributed by atoms with E-state index in [2.05, 4.69) is 9.97 Å². The lowest BCUT2D eigenvalue weighted by atomic mass is 10.1. The summed E-state index contributed by atoms with van der Waals surface area (Å²) >= 11 is 0. The molecule has 2 aromatic heterocycles. The van der Waals surface area contributed by atoms with Crippen molar-refractivity contribution in [1.82, 2.24) is 14.7 Å². The number of fused-ring (bicyclic) bond motifs is 1. The van der Waals surface area contributed by atoms with E-state index in [0.717, 1.165) is 22.1 Å². The van der Waals surface area contributed by atoms with E-state index >= 15 is 0 Å². The Morgan fingerprint density at radius 2 is 1.70 bits per heavy atom. The van der Waals surface area contributed by atoms with Crippen LogP contribution in [0.5, 0.6) is 0 Å². The van der Waals surface area contributed by atoms with Crippen molar-refractivity contribution in [3.05, 3.63) is 106 Å². The predicted octanol–water partition coefficient (Wildman–Crippen LogP) is 3.59. The maximum Gasteiger partial charge on any atom is 0.285 e. The molecule has 0 N–H and O–H groups in total. The molecule has 0 saturated heterocycles. The molecule has 27 heavy (non-hydrogen) atoms. The van der Waals surface area contributed by atoms with Gasteiger partial charge in [-0.15, -0.1) is 4.73 Å². The van der Waals surface area contributed by atoms with E-state index in [1.165, 1.54) is 17.1 Å². The first-order chi connectivity index (χ1) is 13.3. The van der Waals surface area contributed by atoms with Gasteiger partial charge >= 0.3 is 0 Å². The van der Waals surface area contributed by atoms with Gasteiger partial charge in [0.2, 0.25) is 0 Å². The van der Waals surface area contributed by atoms with E-state index in [0.29, 0.717) is 5.65 Å². The standard InChI is InChI=1S/C22H17N3O2/c26-21-13-19(12-11-17-7-3-1-4-8-17)20-14-23-16-24-22(20)25(21)27-15-18-9-5-2-6-10-18/h1-14,16H,15H2/b12-11+. The highest BCUT2D eigenvalue weighted by Crippen LogP contribution is 2.16. The van der Waals surface area contributed by atoms with Gasteiger partial charge in [0.05, 0.1) is 0 Å². The van der Waals surface area contributed by atoms with Gasteiger partial charge in [0.1, 0.15) is 12.9 Å². The van der Waals surface area contributed by atoms with Crippen LogP contribution >= 0.6 is 0 Å². The highest BCUT2D eigenvalue weighted by molar-refractivity contribution is 5.87. The number of hydrogen-bond acceptors (Lipinski definition) is 4. The van der Waals surface area contributed by atoms with Gasteiger partial charge in [-0.05, 0) is 16.7 Å². The van der Waals surface area contributed by atoms with Gasteiger partial charge in [-0.1, -0.05) is 72.8 Å². The zero-order valence-electron chi connectivity index (χ0n) is 14.5. The molecule has 0 bridgehead atoms. The van der Waals surface area contributed by atoms with Crippen LogP contribution in [0.4, 0.5) is 0 Å². The molecule has 4 rings (SSSR count). The van der Waals surface area contributed by atoms with Gasteiger partial charge in [-0.25, -0.2) is 9.97 Å². The Morgan fingerprint density at radius 3 is 2.48 bits per heavy atom. The molecule has 0 fully saturated rings. The van der Waals surface area contributed by atoms with Crippen LogP contribution < -0.4 is 10.4 Å². The molecule has 0 unspecified atom stereocenters. The van der Waals surface area contributed by atoms with Gasteiger partial charge in [0.25, 0.3) is 5.56 Å². The molecule has 0 aliphatic rings. The highest BCUT2D eigenvalue weighted by atomic mass is 16.7. The summed E-state index contributed by atoms with van der Waals surface area (Å²) in [5.74, 6) is 0. The summed E-state index contributed by atoms with van der Waals surface area (Å²) in [5.41, 5.74) is 2.94. The van der Waals surface area contributed by atoms with E-state index in [4.69, 9.17) is 4.84 Å². The molecule has 0 saturated carbocycles. The third-order valence-electron chi connectivity index (χ3n) is 4.13. The minimum atomic E-state index is -0.273. The van der Waals surface area contributed by atoms with Crippen LogP contribution in [-0.2, 0) is 6.61 Å². The molecule has 132 valence electrons. The first-order valence-electron chi connectivity index (χ1n) is 8.57. The fourth-order valence-corrected chi connectivity index (χ4v) is 2.79. The topological polar surface area (TPSA) is 57.0 Å². The molecule has 0 spiro atoms. The van der Waals surface area contributed by atoms with Crippen LogP contribution in [0.25, 0.3) is 23.2 Å². The molecule has 0 amide bonds. The molecule has 0 aliphatic heterocycles. The normalized spacial score (nSPS) is 11.1. The van der Waals surface area contributed by atoms with E-state index in [9.17, 15) is 4.79 Å². The zero-order valence-corrected chi connectivity index (χ0v) is 14.5. The van der Waals surface area contributed by atoms with Gasteiger partial charge in [0, 0.05) is 17.6 Å². The third-order valence-corrected chi connectivity index (χ3v) is 4.13. The molecule has 5 nitrogen and oxygen atoms in total. The zero-order chi connectivity index (χ0) is 18.5. The molecule has 4 aromatic rings. The summed E-state index contributed by atoms with van der Waals surface area (Å²) in [6, 6.07) is 21.1. The van der Waals surface area contributed by atoms with Crippen molar-refractivity contribution in [2.24, 2.45) is 0 Å². The minimum absolute atomic E-state index is 0.273. The fraction of sp³-hybridized carbons (Fsp3) is 0.0455.